The van der Waals surface area contributed by atoms with Crippen molar-refractivity contribution >= 4 is 22.4 Å². The average molecular weight is 265 g/mol. The molecular formula is C15H11N3O2. The molecule has 0 aliphatic heterocycles. The van der Waals surface area contributed by atoms with Crippen molar-refractivity contribution in [3.05, 3.63) is 54.2 Å². The molecule has 0 saturated heterocycles. The second kappa shape index (κ2) is 4.62. The summed E-state index contributed by atoms with van der Waals surface area (Å²) < 4.78 is 0. The van der Waals surface area contributed by atoms with E-state index in [1.54, 1.807) is 18.3 Å². The molecule has 0 bridgehead atoms. The molecule has 0 aliphatic carbocycles. The van der Waals surface area contributed by atoms with Gasteiger partial charge in [0.25, 0.3) is 0 Å². The van der Waals surface area contributed by atoms with Crippen molar-refractivity contribution in [3.8, 4) is 11.3 Å². The van der Waals surface area contributed by atoms with Crippen molar-refractivity contribution < 1.29 is 9.90 Å². The molecule has 5 nitrogen and oxygen atoms in total. The van der Waals surface area contributed by atoms with E-state index in [1.165, 1.54) is 6.07 Å². The highest BCUT2D eigenvalue weighted by molar-refractivity contribution is 6.02. The SMILES string of the molecule is Nc1c(C(=O)O)cccc1-c1nncc2ccccc12. The fourth-order valence-corrected chi connectivity index (χ4v) is 2.19. The van der Waals surface area contributed by atoms with Crippen LogP contribution in [0.15, 0.2) is 48.7 Å². The van der Waals surface area contributed by atoms with Crippen LogP contribution < -0.4 is 5.73 Å². The van der Waals surface area contributed by atoms with Crippen LogP contribution in [0.1, 0.15) is 10.4 Å². The quantitative estimate of drug-likeness (QED) is 0.695. The van der Waals surface area contributed by atoms with Crippen LogP contribution in [0, 0.1) is 0 Å². The van der Waals surface area contributed by atoms with Gasteiger partial charge >= 0.3 is 5.97 Å². The molecule has 0 fully saturated rings. The molecule has 5 heteroatoms. The highest BCUT2D eigenvalue weighted by atomic mass is 16.4. The first kappa shape index (κ1) is 12.1. The largest absolute Gasteiger partial charge is 0.478 e. The highest BCUT2D eigenvalue weighted by Gasteiger charge is 2.15. The molecule has 1 heterocycles. The minimum Gasteiger partial charge on any atom is -0.478 e. The number of nitrogen functional groups attached to an aromatic ring is 1. The number of fused-ring (bicyclic) bond motifs is 1. The second-order valence-electron chi connectivity index (χ2n) is 4.35. The summed E-state index contributed by atoms with van der Waals surface area (Å²) in [6.45, 7) is 0. The maximum atomic E-state index is 11.2. The number of aromatic nitrogens is 2. The van der Waals surface area contributed by atoms with Gasteiger partial charge in [0.1, 0.15) is 5.69 Å². The first-order valence-corrected chi connectivity index (χ1v) is 6.01. The van der Waals surface area contributed by atoms with Crippen molar-refractivity contribution in [3.63, 3.8) is 0 Å². The Hall–Kier alpha value is -2.95. The summed E-state index contributed by atoms with van der Waals surface area (Å²) in [4.78, 5) is 11.2. The van der Waals surface area contributed by atoms with Crippen LogP contribution in [0.3, 0.4) is 0 Å². The van der Waals surface area contributed by atoms with Gasteiger partial charge in [0.15, 0.2) is 0 Å². The molecule has 3 aromatic rings. The smallest absolute Gasteiger partial charge is 0.337 e. The van der Waals surface area contributed by atoms with Crippen LogP contribution in [-0.4, -0.2) is 21.3 Å². The third-order valence-corrected chi connectivity index (χ3v) is 3.16. The fourth-order valence-electron chi connectivity index (χ4n) is 2.19. The summed E-state index contributed by atoms with van der Waals surface area (Å²) in [6, 6.07) is 12.5. The van der Waals surface area contributed by atoms with Crippen LogP contribution in [0.5, 0.6) is 0 Å². The lowest BCUT2D eigenvalue weighted by molar-refractivity contribution is 0.0698. The Labute approximate surface area is 114 Å². The third kappa shape index (κ3) is 1.85. The maximum absolute atomic E-state index is 11.2. The van der Waals surface area contributed by atoms with E-state index >= 15 is 0 Å². The summed E-state index contributed by atoms with van der Waals surface area (Å²) in [5, 5.41) is 19.0. The Balaban J connectivity index is 2.32. The molecule has 0 amide bonds. The van der Waals surface area contributed by atoms with Crippen molar-refractivity contribution in [1.82, 2.24) is 10.2 Å². The Kier molecular flexibility index (Phi) is 2.80. The maximum Gasteiger partial charge on any atom is 0.337 e. The van der Waals surface area contributed by atoms with Crippen LogP contribution >= 0.6 is 0 Å². The first-order valence-electron chi connectivity index (χ1n) is 6.01. The number of rotatable bonds is 2. The van der Waals surface area contributed by atoms with E-state index in [2.05, 4.69) is 10.2 Å². The van der Waals surface area contributed by atoms with Crippen LogP contribution in [0.4, 0.5) is 5.69 Å². The van der Waals surface area contributed by atoms with Gasteiger partial charge in [0.2, 0.25) is 0 Å². The minimum atomic E-state index is -1.06. The number of nitrogens with two attached hydrogens (primary N) is 1. The lowest BCUT2D eigenvalue weighted by Gasteiger charge is -2.09. The van der Waals surface area contributed by atoms with Gasteiger partial charge in [-0.3, -0.25) is 0 Å². The normalized spacial score (nSPS) is 10.6. The van der Waals surface area contributed by atoms with Crippen molar-refractivity contribution in [2.24, 2.45) is 0 Å². The number of carbonyl (C=O) groups is 1. The molecule has 20 heavy (non-hydrogen) atoms. The van der Waals surface area contributed by atoms with Gasteiger partial charge in [-0.25, -0.2) is 4.79 Å². The molecule has 0 unspecified atom stereocenters. The molecule has 98 valence electrons. The van der Waals surface area contributed by atoms with Gasteiger partial charge in [-0.15, -0.1) is 5.10 Å². The number of anilines is 1. The Morgan fingerprint density at radius 3 is 2.70 bits per heavy atom. The average Bonchev–Trinajstić information content (AvgIpc) is 2.47. The number of carboxylic acids is 1. The number of benzene rings is 2. The van der Waals surface area contributed by atoms with Gasteiger partial charge in [-0.05, 0) is 6.07 Å². The van der Waals surface area contributed by atoms with E-state index in [-0.39, 0.29) is 11.3 Å². The van der Waals surface area contributed by atoms with Crippen LogP contribution in [-0.2, 0) is 0 Å². The monoisotopic (exact) mass is 265 g/mol. The van der Waals surface area contributed by atoms with Gasteiger partial charge in [0, 0.05) is 16.3 Å². The van der Waals surface area contributed by atoms with Crippen molar-refractivity contribution in [1.29, 1.82) is 0 Å². The number of aromatic carboxylic acids is 1. The number of nitrogens with zero attached hydrogens (tertiary/aromatic N) is 2. The number of hydrogen-bond donors (Lipinski definition) is 2. The topological polar surface area (TPSA) is 89.1 Å². The van der Waals surface area contributed by atoms with E-state index in [9.17, 15) is 4.79 Å². The second-order valence-corrected chi connectivity index (χ2v) is 4.35. The van der Waals surface area contributed by atoms with Crippen LogP contribution in [0.25, 0.3) is 22.0 Å². The van der Waals surface area contributed by atoms with E-state index in [4.69, 9.17) is 10.8 Å². The van der Waals surface area contributed by atoms with Crippen LogP contribution in [0.2, 0.25) is 0 Å². The molecular weight excluding hydrogens is 254 g/mol. The summed E-state index contributed by atoms with van der Waals surface area (Å²) in [7, 11) is 0. The highest BCUT2D eigenvalue weighted by Crippen LogP contribution is 2.31. The van der Waals surface area contributed by atoms with E-state index in [0.29, 0.717) is 11.3 Å². The Bertz CT molecular complexity index is 810. The molecule has 2 aromatic carbocycles. The van der Waals surface area contributed by atoms with Crippen molar-refractivity contribution in [2.45, 2.75) is 0 Å². The predicted octanol–water partition coefficient (Wildman–Crippen LogP) is 2.58. The summed E-state index contributed by atoms with van der Waals surface area (Å²) in [5.74, 6) is -1.06. The zero-order chi connectivity index (χ0) is 14.1. The predicted molar refractivity (Wildman–Crippen MR) is 76.3 cm³/mol. The molecule has 0 radical (unpaired) electrons. The number of para-hydroxylation sites is 1. The zero-order valence-electron chi connectivity index (χ0n) is 10.4. The first-order chi connectivity index (χ1) is 9.68. The van der Waals surface area contributed by atoms with E-state index < -0.39 is 5.97 Å². The lowest BCUT2D eigenvalue weighted by Crippen LogP contribution is -2.04. The minimum absolute atomic E-state index is 0.0669. The Morgan fingerprint density at radius 2 is 1.90 bits per heavy atom. The van der Waals surface area contributed by atoms with E-state index in [0.717, 1.165) is 10.8 Å². The molecule has 3 rings (SSSR count). The number of hydrogen-bond acceptors (Lipinski definition) is 4. The van der Waals surface area contributed by atoms with E-state index in [1.807, 2.05) is 24.3 Å². The molecule has 3 N–H and O–H groups in total. The summed E-state index contributed by atoms with van der Waals surface area (Å²) in [5.41, 5.74) is 7.39. The van der Waals surface area contributed by atoms with Gasteiger partial charge in [-0.1, -0.05) is 36.4 Å². The molecule has 1 aromatic heterocycles. The van der Waals surface area contributed by atoms with Gasteiger partial charge in [-0.2, -0.15) is 5.10 Å². The lowest BCUT2D eigenvalue weighted by atomic mass is 10.0. The third-order valence-electron chi connectivity index (χ3n) is 3.16. The standard InChI is InChI=1S/C15H11N3O2/c16-13-11(6-3-7-12(13)15(19)20)14-10-5-2-1-4-9(10)8-17-18-14/h1-8H,16H2,(H,19,20). The Morgan fingerprint density at radius 1 is 1.10 bits per heavy atom. The summed E-state index contributed by atoms with van der Waals surface area (Å²) >= 11 is 0. The molecule has 0 saturated carbocycles. The molecule has 0 aliphatic rings. The van der Waals surface area contributed by atoms with Gasteiger partial charge in [0.05, 0.1) is 17.4 Å². The molecule has 0 atom stereocenters. The molecule has 0 spiro atoms. The summed E-state index contributed by atoms with van der Waals surface area (Å²) in [6.07, 6.45) is 1.66. The zero-order valence-corrected chi connectivity index (χ0v) is 10.4. The van der Waals surface area contributed by atoms with Crippen molar-refractivity contribution in [2.75, 3.05) is 5.73 Å². The fraction of sp³-hybridized carbons (Fsp3) is 0. The van der Waals surface area contributed by atoms with Gasteiger partial charge < -0.3 is 10.8 Å². The number of carboxylic acid groups (broad SMARTS) is 1.